The molecule has 0 aliphatic rings. The van der Waals surface area contributed by atoms with Gasteiger partial charge in [0.15, 0.2) is 5.43 Å². The summed E-state index contributed by atoms with van der Waals surface area (Å²) >= 11 is 0. The molecule has 2 rings (SSSR count). The molecule has 0 saturated heterocycles. The minimum Gasteiger partial charge on any atom is -0.448 e. The van der Waals surface area contributed by atoms with Gasteiger partial charge in [-0.2, -0.15) is 0 Å². The fourth-order valence-corrected chi connectivity index (χ4v) is 1.74. The van der Waals surface area contributed by atoms with Gasteiger partial charge in [0, 0.05) is 6.07 Å². The molecule has 5 nitrogen and oxygen atoms in total. The molecule has 0 bridgehead atoms. The largest absolute Gasteiger partial charge is 0.448 e. The molecule has 0 unspecified atom stereocenters. The van der Waals surface area contributed by atoms with Crippen LogP contribution in [0.15, 0.2) is 39.5 Å². The van der Waals surface area contributed by atoms with Crippen LogP contribution in [0.4, 0.5) is 0 Å². The van der Waals surface area contributed by atoms with Crippen molar-refractivity contribution in [1.82, 2.24) is 0 Å². The summed E-state index contributed by atoms with van der Waals surface area (Å²) in [7, 11) is -4.52. The third-order valence-corrected chi connectivity index (χ3v) is 2.70. The van der Waals surface area contributed by atoms with Gasteiger partial charge in [-0.05, 0) is 12.1 Å². The van der Waals surface area contributed by atoms with Crippen LogP contribution < -0.4 is 10.9 Å². The van der Waals surface area contributed by atoms with Crippen LogP contribution >= 0.6 is 7.60 Å². The highest BCUT2D eigenvalue weighted by Crippen LogP contribution is 2.33. The summed E-state index contributed by atoms with van der Waals surface area (Å²) in [4.78, 5) is 29.1. The first kappa shape index (κ1) is 10.1. The van der Waals surface area contributed by atoms with Gasteiger partial charge in [0.05, 0.1) is 5.39 Å². The lowest BCUT2D eigenvalue weighted by Gasteiger charge is -2.03. The summed E-state index contributed by atoms with van der Waals surface area (Å²) in [5.41, 5.74) is -0.898. The lowest BCUT2D eigenvalue weighted by atomic mass is 10.2. The van der Waals surface area contributed by atoms with E-state index in [4.69, 9.17) is 14.2 Å². The second-order valence-electron chi connectivity index (χ2n) is 2.99. The van der Waals surface area contributed by atoms with Crippen LogP contribution in [-0.2, 0) is 4.57 Å². The summed E-state index contributed by atoms with van der Waals surface area (Å²) in [5, 5.41) is 0.301. The summed E-state index contributed by atoms with van der Waals surface area (Å²) in [6.07, 6.45) is 0. The molecule has 0 spiro atoms. The SMILES string of the molecule is O=c1cc(P(=O)(O)O)oc2ccccc12. The average molecular weight is 226 g/mol. The highest BCUT2D eigenvalue weighted by molar-refractivity contribution is 7.59. The zero-order valence-electron chi connectivity index (χ0n) is 7.45. The van der Waals surface area contributed by atoms with E-state index in [-0.39, 0.29) is 5.58 Å². The second kappa shape index (κ2) is 3.31. The maximum Gasteiger partial charge on any atom is 0.391 e. The minimum absolute atomic E-state index is 0.170. The highest BCUT2D eigenvalue weighted by atomic mass is 31.2. The molecule has 78 valence electrons. The van der Waals surface area contributed by atoms with E-state index < -0.39 is 18.5 Å². The molecule has 0 fully saturated rings. The van der Waals surface area contributed by atoms with Crippen molar-refractivity contribution in [2.75, 3.05) is 0 Å². The molecule has 0 saturated carbocycles. The fourth-order valence-electron chi connectivity index (χ4n) is 1.23. The van der Waals surface area contributed by atoms with Crippen molar-refractivity contribution in [1.29, 1.82) is 0 Å². The Morgan fingerprint density at radius 2 is 1.87 bits per heavy atom. The molecule has 15 heavy (non-hydrogen) atoms. The predicted molar refractivity (Wildman–Crippen MR) is 54.2 cm³/mol. The van der Waals surface area contributed by atoms with Crippen molar-refractivity contribution >= 4 is 24.1 Å². The summed E-state index contributed by atoms with van der Waals surface area (Å²) < 4.78 is 15.8. The Labute approximate surface area is 84.1 Å². The van der Waals surface area contributed by atoms with Gasteiger partial charge in [-0.3, -0.25) is 9.36 Å². The highest BCUT2D eigenvalue weighted by Gasteiger charge is 2.21. The Hall–Kier alpha value is -1.42. The molecule has 1 aromatic carbocycles. The van der Waals surface area contributed by atoms with Crippen LogP contribution in [0, 0.1) is 0 Å². The van der Waals surface area contributed by atoms with Gasteiger partial charge in [-0.1, -0.05) is 12.1 Å². The van der Waals surface area contributed by atoms with Gasteiger partial charge in [-0.15, -0.1) is 0 Å². The van der Waals surface area contributed by atoms with Crippen LogP contribution in [0.1, 0.15) is 0 Å². The molecule has 0 aliphatic heterocycles. The smallest absolute Gasteiger partial charge is 0.391 e. The third kappa shape index (κ3) is 1.85. The van der Waals surface area contributed by atoms with E-state index in [0.717, 1.165) is 6.07 Å². The summed E-state index contributed by atoms with van der Waals surface area (Å²) in [5.74, 6) is 0. The van der Waals surface area contributed by atoms with E-state index in [1.165, 1.54) is 12.1 Å². The summed E-state index contributed by atoms with van der Waals surface area (Å²) in [6, 6.07) is 7.11. The van der Waals surface area contributed by atoms with Gasteiger partial charge in [0.1, 0.15) is 5.58 Å². The predicted octanol–water partition coefficient (Wildman–Crippen LogP) is 0.596. The van der Waals surface area contributed by atoms with Crippen molar-refractivity contribution in [2.45, 2.75) is 0 Å². The Balaban J connectivity index is 2.85. The number of hydrogen-bond donors (Lipinski definition) is 2. The Kier molecular flexibility index (Phi) is 2.23. The molecule has 6 heteroatoms. The van der Waals surface area contributed by atoms with Crippen LogP contribution in [-0.4, -0.2) is 9.79 Å². The zero-order valence-corrected chi connectivity index (χ0v) is 8.35. The van der Waals surface area contributed by atoms with Gasteiger partial charge in [0.2, 0.25) is 5.50 Å². The van der Waals surface area contributed by atoms with E-state index in [2.05, 4.69) is 0 Å². The first-order valence-corrected chi connectivity index (χ1v) is 5.69. The average Bonchev–Trinajstić information content (AvgIpc) is 2.16. The number of fused-ring (bicyclic) bond motifs is 1. The Morgan fingerprint density at radius 1 is 1.20 bits per heavy atom. The molecule has 2 aromatic rings. The van der Waals surface area contributed by atoms with Crippen molar-refractivity contribution < 1.29 is 18.8 Å². The van der Waals surface area contributed by atoms with E-state index in [9.17, 15) is 9.36 Å². The van der Waals surface area contributed by atoms with Gasteiger partial charge < -0.3 is 14.2 Å². The fraction of sp³-hybridized carbons (Fsp3) is 0. The molecule has 1 heterocycles. The number of benzene rings is 1. The Bertz CT molecular complexity index is 609. The van der Waals surface area contributed by atoms with Crippen LogP contribution in [0.5, 0.6) is 0 Å². The number of rotatable bonds is 1. The van der Waals surface area contributed by atoms with Crippen LogP contribution in [0.2, 0.25) is 0 Å². The van der Waals surface area contributed by atoms with Crippen molar-refractivity contribution in [3.05, 3.63) is 40.6 Å². The van der Waals surface area contributed by atoms with E-state index >= 15 is 0 Å². The molecule has 0 aliphatic carbocycles. The molecule has 0 radical (unpaired) electrons. The standard InChI is InChI=1S/C9H7O5P/c10-7-5-9(15(11,12)13)14-8-4-2-1-3-6(7)8/h1-5H,(H2,11,12,13). The maximum atomic E-state index is 11.4. The number of hydrogen-bond acceptors (Lipinski definition) is 3. The number of para-hydroxylation sites is 1. The topological polar surface area (TPSA) is 87.7 Å². The van der Waals surface area contributed by atoms with E-state index in [1.807, 2.05) is 0 Å². The van der Waals surface area contributed by atoms with E-state index in [0.29, 0.717) is 5.39 Å². The maximum absolute atomic E-state index is 11.4. The second-order valence-corrected chi connectivity index (χ2v) is 4.52. The van der Waals surface area contributed by atoms with Gasteiger partial charge in [-0.25, -0.2) is 0 Å². The normalized spacial score (nSPS) is 11.9. The summed E-state index contributed by atoms with van der Waals surface area (Å²) in [6.45, 7) is 0. The molecule has 0 atom stereocenters. The molecular formula is C9H7O5P. The Morgan fingerprint density at radius 3 is 2.53 bits per heavy atom. The minimum atomic E-state index is -4.52. The molecule has 0 amide bonds. The zero-order chi connectivity index (χ0) is 11.1. The van der Waals surface area contributed by atoms with Gasteiger partial charge >= 0.3 is 7.60 Å². The van der Waals surface area contributed by atoms with Crippen molar-refractivity contribution in [3.63, 3.8) is 0 Å². The van der Waals surface area contributed by atoms with E-state index in [1.54, 1.807) is 12.1 Å². The monoisotopic (exact) mass is 226 g/mol. The van der Waals surface area contributed by atoms with Crippen LogP contribution in [0.25, 0.3) is 11.0 Å². The third-order valence-electron chi connectivity index (χ3n) is 1.91. The molecule has 1 aromatic heterocycles. The quantitative estimate of drug-likeness (QED) is 0.695. The lowest BCUT2D eigenvalue weighted by Crippen LogP contribution is -2.12. The van der Waals surface area contributed by atoms with Crippen molar-refractivity contribution in [3.8, 4) is 0 Å². The van der Waals surface area contributed by atoms with Crippen molar-refractivity contribution in [2.24, 2.45) is 0 Å². The first-order valence-electron chi connectivity index (χ1n) is 4.07. The molecular weight excluding hydrogens is 219 g/mol. The lowest BCUT2D eigenvalue weighted by molar-refractivity contribution is 0.377. The first-order chi connectivity index (χ1) is 6.98. The van der Waals surface area contributed by atoms with Crippen LogP contribution in [0.3, 0.4) is 0 Å². The molecule has 2 N–H and O–H groups in total. The van der Waals surface area contributed by atoms with Gasteiger partial charge in [0.25, 0.3) is 0 Å².